The Balaban J connectivity index is 1.83. The third kappa shape index (κ3) is 3.56. The van der Waals surface area contributed by atoms with E-state index >= 15 is 0 Å². The van der Waals surface area contributed by atoms with E-state index in [0.29, 0.717) is 0 Å². The van der Waals surface area contributed by atoms with Gasteiger partial charge in [-0.25, -0.2) is 0 Å². The van der Waals surface area contributed by atoms with E-state index < -0.39 is 0 Å². The second-order valence-electron chi connectivity index (χ2n) is 7.68. The van der Waals surface area contributed by atoms with Gasteiger partial charge in [-0.2, -0.15) is 0 Å². The topological polar surface area (TPSA) is 42.3 Å². The second kappa shape index (κ2) is 8.48. The van der Waals surface area contributed by atoms with Gasteiger partial charge in [-0.1, -0.05) is 19.1 Å². The van der Waals surface area contributed by atoms with Crippen LogP contribution in [-0.4, -0.2) is 33.2 Å². The van der Waals surface area contributed by atoms with Crippen molar-refractivity contribution in [2.45, 2.75) is 39.3 Å². The minimum Gasteiger partial charge on any atom is -0.497 e. The number of methoxy groups -OCH3 is 1. The largest absolute Gasteiger partial charge is 0.497 e. The predicted octanol–water partition coefficient (Wildman–Crippen LogP) is 4.88. The molecule has 1 aliphatic heterocycles. The first kappa shape index (κ1) is 20.4. The Morgan fingerprint density at radius 3 is 2.67 bits per heavy atom. The first-order valence-electron chi connectivity index (χ1n) is 10.4. The van der Waals surface area contributed by atoms with E-state index in [1.54, 1.807) is 7.11 Å². The van der Waals surface area contributed by atoms with Gasteiger partial charge in [0, 0.05) is 35.9 Å². The molecule has 2 aromatic heterocycles. The number of ether oxygens (including phenoxy) is 1. The zero-order valence-corrected chi connectivity index (χ0v) is 18.7. The number of pyridine rings is 1. The molecule has 6 heteroatoms. The molecule has 0 aliphatic carbocycles. The summed E-state index contributed by atoms with van der Waals surface area (Å²) in [6, 6.07) is 16.6. The molecule has 156 valence electrons. The number of hydrogen-bond acceptors (Lipinski definition) is 3. The van der Waals surface area contributed by atoms with Crippen LogP contribution in [0.4, 0.5) is 0 Å². The van der Waals surface area contributed by atoms with E-state index in [4.69, 9.17) is 17.0 Å². The minimum atomic E-state index is 0.0181. The number of nitrogens with zero attached hydrogens (tertiary/aromatic N) is 3. The number of rotatable bonds is 6. The van der Waals surface area contributed by atoms with Crippen molar-refractivity contribution in [3.63, 3.8) is 0 Å². The molecule has 1 saturated heterocycles. The van der Waals surface area contributed by atoms with Crippen LogP contribution >= 0.6 is 12.2 Å². The average molecular weight is 421 g/mol. The highest BCUT2D eigenvalue weighted by molar-refractivity contribution is 7.80. The fraction of sp³-hybridized carbons (Fsp3) is 0.333. The molecule has 0 radical (unpaired) electrons. The Bertz CT molecular complexity index is 1050. The van der Waals surface area contributed by atoms with Crippen LogP contribution in [-0.2, 0) is 0 Å². The first-order chi connectivity index (χ1) is 14.5. The number of benzene rings is 1. The molecule has 0 unspecified atom stereocenters. The number of nitrogens with one attached hydrogen (secondary N) is 1. The van der Waals surface area contributed by atoms with Crippen LogP contribution in [0.2, 0.25) is 0 Å². The van der Waals surface area contributed by atoms with Crippen LogP contribution < -0.4 is 10.1 Å². The molecule has 1 fully saturated rings. The molecular weight excluding hydrogens is 392 g/mol. The molecule has 1 N–H and O–H groups in total. The summed E-state index contributed by atoms with van der Waals surface area (Å²) in [6.07, 6.45) is 2.88. The quantitative estimate of drug-likeness (QED) is 0.576. The lowest BCUT2D eigenvalue weighted by Gasteiger charge is -2.27. The molecule has 30 heavy (non-hydrogen) atoms. The van der Waals surface area contributed by atoms with Gasteiger partial charge in [0.15, 0.2) is 5.11 Å². The van der Waals surface area contributed by atoms with Gasteiger partial charge in [-0.3, -0.25) is 4.98 Å². The summed E-state index contributed by atoms with van der Waals surface area (Å²) in [4.78, 5) is 6.94. The number of aromatic nitrogens is 2. The average Bonchev–Trinajstić information content (AvgIpc) is 3.24. The van der Waals surface area contributed by atoms with Crippen molar-refractivity contribution in [2.24, 2.45) is 0 Å². The van der Waals surface area contributed by atoms with Gasteiger partial charge in [0.25, 0.3) is 0 Å². The van der Waals surface area contributed by atoms with E-state index in [1.165, 1.54) is 17.0 Å². The molecule has 2 atom stereocenters. The molecule has 5 nitrogen and oxygen atoms in total. The van der Waals surface area contributed by atoms with Crippen LogP contribution in [0.25, 0.3) is 5.69 Å². The third-order valence-electron chi connectivity index (χ3n) is 5.76. The lowest BCUT2D eigenvalue weighted by molar-refractivity contribution is 0.316. The van der Waals surface area contributed by atoms with Gasteiger partial charge in [-0.05, 0) is 68.4 Å². The van der Waals surface area contributed by atoms with Crippen LogP contribution in [0.15, 0.2) is 54.7 Å². The van der Waals surface area contributed by atoms with Gasteiger partial charge in [0.05, 0.1) is 24.9 Å². The van der Waals surface area contributed by atoms with Crippen molar-refractivity contribution >= 4 is 17.3 Å². The predicted molar refractivity (Wildman–Crippen MR) is 124 cm³/mol. The van der Waals surface area contributed by atoms with E-state index in [2.05, 4.69) is 64.8 Å². The van der Waals surface area contributed by atoms with Crippen molar-refractivity contribution in [1.29, 1.82) is 0 Å². The Labute approximate surface area is 183 Å². The zero-order chi connectivity index (χ0) is 21.3. The number of thiocarbonyl (C=S) groups is 1. The van der Waals surface area contributed by atoms with Crippen LogP contribution in [0, 0.1) is 13.8 Å². The van der Waals surface area contributed by atoms with Crippen molar-refractivity contribution < 1.29 is 4.74 Å². The second-order valence-corrected chi connectivity index (χ2v) is 8.07. The lowest BCUT2D eigenvalue weighted by atomic mass is 9.96. The maximum absolute atomic E-state index is 5.73. The van der Waals surface area contributed by atoms with Gasteiger partial charge in [0.1, 0.15) is 5.75 Å². The molecule has 1 aliphatic rings. The third-order valence-corrected chi connectivity index (χ3v) is 6.12. The van der Waals surface area contributed by atoms with E-state index in [-0.39, 0.29) is 12.1 Å². The summed E-state index contributed by atoms with van der Waals surface area (Å²) in [5, 5.41) is 4.33. The maximum Gasteiger partial charge on any atom is 0.170 e. The fourth-order valence-corrected chi connectivity index (χ4v) is 4.79. The van der Waals surface area contributed by atoms with Gasteiger partial charge < -0.3 is 19.5 Å². The maximum atomic E-state index is 5.73. The summed E-state index contributed by atoms with van der Waals surface area (Å²) < 4.78 is 7.73. The van der Waals surface area contributed by atoms with Crippen LogP contribution in [0.5, 0.6) is 5.75 Å². The lowest BCUT2D eigenvalue weighted by Crippen LogP contribution is -2.30. The van der Waals surface area contributed by atoms with Crippen molar-refractivity contribution in [1.82, 2.24) is 19.8 Å². The normalized spacial score (nSPS) is 18.5. The smallest absolute Gasteiger partial charge is 0.170 e. The van der Waals surface area contributed by atoms with E-state index in [0.717, 1.165) is 35.2 Å². The summed E-state index contributed by atoms with van der Waals surface area (Å²) in [7, 11) is 1.70. The van der Waals surface area contributed by atoms with E-state index in [9.17, 15) is 0 Å². The van der Waals surface area contributed by atoms with Gasteiger partial charge >= 0.3 is 0 Å². The summed E-state index contributed by atoms with van der Waals surface area (Å²) in [5.41, 5.74) is 5.77. The SMILES string of the molecule is CCCN1C(=S)N[C@@H](c2ccccn2)[C@H]1c1cc(C)n(-c2cccc(OC)c2)c1C. The Morgan fingerprint density at radius 2 is 1.97 bits per heavy atom. The summed E-state index contributed by atoms with van der Waals surface area (Å²) in [5.74, 6) is 0.851. The number of hydrogen-bond donors (Lipinski definition) is 1. The molecule has 0 saturated carbocycles. The molecule has 3 aromatic rings. The fourth-order valence-electron chi connectivity index (χ4n) is 4.46. The molecule has 3 heterocycles. The standard InChI is InChI=1S/C24H28N4OS/c1-5-13-27-23(22(26-24(27)30)21-11-6-7-12-25-21)20-14-16(2)28(17(20)3)18-9-8-10-19(15-18)29-4/h6-12,14-15,22-23H,5,13H2,1-4H3,(H,26,30)/t22-,23+/m0/s1. The summed E-state index contributed by atoms with van der Waals surface area (Å²) >= 11 is 5.73. The van der Waals surface area contributed by atoms with Crippen molar-refractivity contribution in [3.05, 3.63) is 77.4 Å². The van der Waals surface area contributed by atoms with E-state index in [1.807, 2.05) is 30.5 Å². The molecule has 0 amide bonds. The minimum absolute atomic E-state index is 0.0181. The summed E-state index contributed by atoms with van der Waals surface area (Å²) in [6.45, 7) is 7.43. The number of aryl methyl sites for hydroxylation is 1. The molecule has 0 spiro atoms. The molecule has 1 aromatic carbocycles. The molecular formula is C24H28N4OS. The van der Waals surface area contributed by atoms with Crippen molar-refractivity contribution in [2.75, 3.05) is 13.7 Å². The zero-order valence-electron chi connectivity index (χ0n) is 17.9. The van der Waals surface area contributed by atoms with Crippen LogP contribution in [0.3, 0.4) is 0 Å². The monoisotopic (exact) mass is 420 g/mol. The Kier molecular flexibility index (Phi) is 5.77. The Morgan fingerprint density at radius 1 is 1.13 bits per heavy atom. The van der Waals surface area contributed by atoms with Crippen molar-refractivity contribution in [3.8, 4) is 11.4 Å². The Hall–Kier alpha value is -2.86. The highest BCUT2D eigenvalue weighted by Crippen LogP contribution is 2.41. The highest BCUT2D eigenvalue weighted by Gasteiger charge is 2.40. The van der Waals surface area contributed by atoms with Crippen LogP contribution in [0.1, 0.15) is 48.1 Å². The van der Waals surface area contributed by atoms with Gasteiger partial charge in [-0.15, -0.1) is 0 Å². The molecule has 0 bridgehead atoms. The molecule has 4 rings (SSSR count). The first-order valence-corrected chi connectivity index (χ1v) is 10.8. The van der Waals surface area contributed by atoms with Gasteiger partial charge in [0.2, 0.25) is 0 Å². The highest BCUT2D eigenvalue weighted by atomic mass is 32.1.